The minimum Gasteiger partial charge on any atom is -0.370 e. The van der Waals surface area contributed by atoms with E-state index in [-0.39, 0.29) is 24.8 Å². The summed E-state index contributed by atoms with van der Waals surface area (Å²) in [5, 5.41) is 11.5. The van der Waals surface area contributed by atoms with Gasteiger partial charge in [-0.2, -0.15) is 13.2 Å². The number of carbonyl (C=O) groups excluding carboxylic acids is 1. The first-order valence-electron chi connectivity index (χ1n) is 8.35. The maximum absolute atomic E-state index is 11.9. The topological polar surface area (TPSA) is 69.0 Å². The molecule has 2 aromatic rings. The number of rotatable bonds is 9. The van der Waals surface area contributed by atoms with E-state index in [0.717, 1.165) is 17.0 Å². The van der Waals surface area contributed by atoms with Crippen molar-refractivity contribution in [2.75, 3.05) is 25.5 Å². The van der Waals surface area contributed by atoms with E-state index in [9.17, 15) is 18.0 Å². The Bertz CT molecular complexity index is 765. The van der Waals surface area contributed by atoms with Gasteiger partial charge in [-0.3, -0.25) is 4.79 Å². The van der Waals surface area contributed by atoms with Crippen LogP contribution in [0.2, 0.25) is 0 Å². The number of aromatic nitrogens is 3. The van der Waals surface area contributed by atoms with Crippen molar-refractivity contribution in [1.29, 1.82) is 0 Å². The number of halogens is 3. The van der Waals surface area contributed by atoms with E-state index in [1.807, 2.05) is 42.7 Å². The van der Waals surface area contributed by atoms with Gasteiger partial charge in [-0.25, -0.2) is 0 Å². The Kier molecular flexibility index (Phi) is 7.66. The van der Waals surface area contributed by atoms with Crippen molar-refractivity contribution in [2.24, 2.45) is 0 Å². The molecular formula is C17H21F3N4O2S. The summed E-state index contributed by atoms with van der Waals surface area (Å²) in [4.78, 5) is 11.8. The van der Waals surface area contributed by atoms with Gasteiger partial charge in [0.05, 0.1) is 12.4 Å². The van der Waals surface area contributed by atoms with E-state index in [4.69, 9.17) is 0 Å². The lowest BCUT2D eigenvalue weighted by Gasteiger charge is -2.10. The molecule has 0 saturated heterocycles. The molecule has 0 aliphatic heterocycles. The Labute approximate surface area is 159 Å². The van der Waals surface area contributed by atoms with Crippen molar-refractivity contribution < 1.29 is 22.7 Å². The first kappa shape index (κ1) is 21.2. The molecule has 0 atom stereocenters. The summed E-state index contributed by atoms with van der Waals surface area (Å²) in [5.74, 6) is 0.517. The lowest BCUT2D eigenvalue weighted by atomic mass is 10.1. The maximum Gasteiger partial charge on any atom is 0.411 e. The fourth-order valence-electron chi connectivity index (χ4n) is 2.34. The van der Waals surface area contributed by atoms with Crippen LogP contribution in [-0.4, -0.2) is 52.4 Å². The highest BCUT2D eigenvalue weighted by molar-refractivity contribution is 7.99. The third-order valence-corrected chi connectivity index (χ3v) is 4.55. The summed E-state index contributed by atoms with van der Waals surface area (Å²) in [5.41, 5.74) is 2.05. The van der Waals surface area contributed by atoms with E-state index < -0.39 is 12.8 Å². The number of benzene rings is 1. The molecule has 1 amide bonds. The second kappa shape index (κ2) is 9.75. The van der Waals surface area contributed by atoms with E-state index in [0.29, 0.717) is 11.7 Å². The molecular weight excluding hydrogens is 381 g/mol. The summed E-state index contributed by atoms with van der Waals surface area (Å²) < 4.78 is 42.2. The van der Waals surface area contributed by atoms with E-state index in [1.54, 1.807) is 0 Å². The Morgan fingerprint density at radius 1 is 1.30 bits per heavy atom. The van der Waals surface area contributed by atoms with Gasteiger partial charge in [-0.1, -0.05) is 36.0 Å². The first-order chi connectivity index (χ1) is 12.8. The molecule has 0 aliphatic carbocycles. The predicted octanol–water partition coefficient (Wildman–Crippen LogP) is 3.06. The molecule has 0 saturated carbocycles. The van der Waals surface area contributed by atoms with Crippen molar-refractivity contribution in [3.8, 4) is 11.4 Å². The van der Waals surface area contributed by atoms with Crippen LogP contribution >= 0.6 is 11.8 Å². The van der Waals surface area contributed by atoms with Gasteiger partial charge in [-0.15, -0.1) is 10.2 Å². The highest BCUT2D eigenvalue weighted by atomic mass is 32.2. The molecule has 0 unspecified atom stereocenters. The molecule has 0 fully saturated rings. The summed E-state index contributed by atoms with van der Waals surface area (Å²) in [6, 6.07) is 7.83. The SMILES string of the molecule is CCn1c(SCC(=O)NCCOCC(F)(F)F)nnc1-c1ccccc1C. The minimum absolute atomic E-state index is 0.0183. The summed E-state index contributed by atoms with van der Waals surface area (Å²) >= 11 is 1.23. The molecule has 1 heterocycles. The predicted molar refractivity (Wildman–Crippen MR) is 96.5 cm³/mol. The quantitative estimate of drug-likeness (QED) is 0.516. The molecule has 1 N–H and O–H groups in total. The number of hydrogen-bond donors (Lipinski definition) is 1. The van der Waals surface area contributed by atoms with Crippen LogP contribution in [0.5, 0.6) is 0 Å². The standard InChI is InChI=1S/C17H21F3N4O2S/c1-3-24-15(13-7-5-4-6-12(13)2)22-23-16(24)27-10-14(25)21-8-9-26-11-17(18,19)20/h4-7H,3,8-11H2,1-2H3,(H,21,25). The van der Waals surface area contributed by atoms with Gasteiger partial charge in [0.2, 0.25) is 5.91 Å². The van der Waals surface area contributed by atoms with Crippen LogP contribution in [0.4, 0.5) is 13.2 Å². The number of nitrogens with one attached hydrogen (secondary N) is 1. The zero-order valence-electron chi connectivity index (χ0n) is 15.0. The van der Waals surface area contributed by atoms with E-state index >= 15 is 0 Å². The Morgan fingerprint density at radius 2 is 2.04 bits per heavy atom. The molecule has 0 spiro atoms. The molecule has 0 aliphatic rings. The molecule has 1 aromatic carbocycles. The van der Waals surface area contributed by atoms with Gasteiger partial charge in [0, 0.05) is 18.7 Å². The number of aryl methyl sites for hydroxylation is 1. The molecule has 0 bridgehead atoms. The van der Waals surface area contributed by atoms with Crippen LogP contribution in [-0.2, 0) is 16.1 Å². The number of hydrogen-bond acceptors (Lipinski definition) is 5. The zero-order valence-corrected chi connectivity index (χ0v) is 15.9. The van der Waals surface area contributed by atoms with Crippen LogP contribution in [0.15, 0.2) is 29.4 Å². The highest BCUT2D eigenvalue weighted by Crippen LogP contribution is 2.26. The molecule has 27 heavy (non-hydrogen) atoms. The Morgan fingerprint density at radius 3 is 2.70 bits per heavy atom. The van der Waals surface area contributed by atoms with Gasteiger partial charge < -0.3 is 14.6 Å². The number of thioether (sulfide) groups is 1. The van der Waals surface area contributed by atoms with Crippen LogP contribution in [0.3, 0.4) is 0 Å². The van der Waals surface area contributed by atoms with Crippen molar-refractivity contribution >= 4 is 17.7 Å². The molecule has 1 aromatic heterocycles. The van der Waals surface area contributed by atoms with Crippen molar-refractivity contribution in [2.45, 2.75) is 31.7 Å². The molecule has 2 rings (SSSR count). The Hall–Kier alpha value is -2.07. The third kappa shape index (κ3) is 6.55. The van der Waals surface area contributed by atoms with Crippen LogP contribution in [0, 0.1) is 6.92 Å². The van der Waals surface area contributed by atoms with Gasteiger partial charge in [0.15, 0.2) is 11.0 Å². The number of ether oxygens (including phenoxy) is 1. The van der Waals surface area contributed by atoms with Crippen LogP contribution < -0.4 is 5.32 Å². The Balaban J connectivity index is 1.86. The smallest absolute Gasteiger partial charge is 0.370 e. The number of amides is 1. The van der Waals surface area contributed by atoms with Gasteiger partial charge in [-0.05, 0) is 19.4 Å². The van der Waals surface area contributed by atoms with Crippen molar-refractivity contribution in [3.63, 3.8) is 0 Å². The summed E-state index contributed by atoms with van der Waals surface area (Å²) in [6.45, 7) is 3.10. The largest absolute Gasteiger partial charge is 0.411 e. The van der Waals surface area contributed by atoms with Gasteiger partial charge in [0.25, 0.3) is 0 Å². The number of nitrogens with zero attached hydrogens (tertiary/aromatic N) is 3. The highest BCUT2D eigenvalue weighted by Gasteiger charge is 2.27. The fourth-order valence-corrected chi connectivity index (χ4v) is 3.17. The second-order valence-corrected chi connectivity index (χ2v) is 6.61. The normalized spacial score (nSPS) is 11.6. The summed E-state index contributed by atoms with van der Waals surface area (Å²) in [6.07, 6.45) is -4.36. The zero-order chi connectivity index (χ0) is 19.9. The monoisotopic (exact) mass is 402 g/mol. The molecule has 0 radical (unpaired) electrons. The van der Waals surface area contributed by atoms with Gasteiger partial charge in [0.1, 0.15) is 6.61 Å². The molecule has 10 heteroatoms. The minimum atomic E-state index is -4.36. The van der Waals surface area contributed by atoms with E-state index in [1.165, 1.54) is 11.8 Å². The second-order valence-electron chi connectivity index (χ2n) is 5.67. The fraction of sp³-hybridized carbons (Fsp3) is 0.471. The van der Waals surface area contributed by atoms with E-state index in [2.05, 4.69) is 20.3 Å². The van der Waals surface area contributed by atoms with Crippen LogP contribution in [0.25, 0.3) is 11.4 Å². The number of alkyl halides is 3. The number of carbonyl (C=O) groups is 1. The maximum atomic E-state index is 11.9. The third-order valence-electron chi connectivity index (χ3n) is 3.59. The average molecular weight is 402 g/mol. The first-order valence-corrected chi connectivity index (χ1v) is 9.33. The lowest BCUT2D eigenvalue weighted by Crippen LogP contribution is -2.30. The molecule has 6 nitrogen and oxygen atoms in total. The van der Waals surface area contributed by atoms with Gasteiger partial charge >= 0.3 is 6.18 Å². The molecule has 148 valence electrons. The average Bonchev–Trinajstić information content (AvgIpc) is 3.01. The van der Waals surface area contributed by atoms with Crippen LogP contribution in [0.1, 0.15) is 12.5 Å². The lowest BCUT2D eigenvalue weighted by molar-refractivity contribution is -0.173. The van der Waals surface area contributed by atoms with Crippen molar-refractivity contribution in [1.82, 2.24) is 20.1 Å². The van der Waals surface area contributed by atoms with Crippen molar-refractivity contribution in [3.05, 3.63) is 29.8 Å². The summed E-state index contributed by atoms with van der Waals surface area (Å²) in [7, 11) is 0.